The van der Waals surface area contributed by atoms with Gasteiger partial charge in [0, 0.05) is 18.3 Å². The number of carbonyl (C=O) groups excluding carboxylic acids is 1. The van der Waals surface area contributed by atoms with Crippen LogP contribution in [-0.2, 0) is 6.42 Å². The number of rotatable bonds is 1. The zero-order valence-corrected chi connectivity index (χ0v) is 12.8. The minimum absolute atomic E-state index is 0.115. The van der Waals surface area contributed by atoms with Gasteiger partial charge in [-0.05, 0) is 46.1 Å². The summed E-state index contributed by atoms with van der Waals surface area (Å²) in [6.45, 7) is 0.429. The van der Waals surface area contributed by atoms with E-state index in [1.54, 1.807) is 11.0 Å². The summed E-state index contributed by atoms with van der Waals surface area (Å²) < 4.78 is 13.8. The number of benzene rings is 2. The van der Waals surface area contributed by atoms with Crippen molar-refractivity contribution < 1.29 is 9.18 Å². The average Bonchev–Trinajstić information content (AvgIpc) is 2.48. The highest BCUT2D eigenvalue weighted by Crippen LogP contribution is 2.30. The van der Waals surface area contributed by atoms with Gasteiger partial charge in [0.2, 0.25) is 0 Å². The van der Waals surface area contributed by atoms with Crippen LogP contribution in [0.3, 0.4) is 0 Å². The molecule has 1 unspecified atom stereocenters. The average molecular weight is 349 g/mol. The maximum Gasteiger partial charge on any atom is 0.259 e. The molecule has 0 aliphatic carbocycles. The summed E-state index contributed by atoms with van der Waals surface area (Å²) >= 11 is 3.15. The highest BCUT2D eigenvalue weighted by Gasteiger charge is 2.28. The van der Waals surface area contributed by atoms with Crippen molar-refractivity contribution in [1.29, 1.82) is 0 Å². The van der Waals surface area contributed by atoms with E-state index in [0.717, 1.165) is 17.7 Å². The van der Waals surface area contributed by atoms with Crippen molar-refractivity contribution in [3.05, 3.63) is 63.9 Å². The lowest BCUT2D eigenvalue weighted by Crippen LogP contribution is -2.46. The third-order valence-corrected chi connectivity index (χ3v) is 4.41. The topological polar surface area (TPSA) is 46.3 Å². The lowest BCUT2D eigenvalue weighted by atomic mass is 9.97. The van der Waals surface area contributed by atoms with Crippen molar-refractivity contribution in [2.75, 3.05) is 11.4 Å². The first-order valence-corrected chi connectivity index (χ1v) is 7.46. The van der Waals surface area contributed by atoms with Gasteiger partial charge in [-0.1, -0.05) is 24.3 Å². The molecule has 21 heavy (non-hydrogen) atoms. The highest BCUT2D eigenvalue weighted by molar-refractivity contribution is 9.10. The van der Waals surface area contributed by atoms with E-state index < -0.39 is 5.82 Å². The van der Waals surface area contributed by atoms with Crippen molar-refractivity contribution in [3.63, 3.8) is 0 Å². The molecule has 1 aliphatic rings. The van der Waals surface area contributed by atoms with Crippen LogP contribution in [-0.4, -0.2) is 18.5 Å². The molecule has 2 aromatic carbocycles. The third-order valence-electron chi connectivity index (χ3n) is 3.61. The first-order valence-electron chi connectivity index (χ1n) is 6.67. The normalized spacial score (nSPS) is 17.5. The second-order valence-corrected chi connectivity index (χ2v) is 5.90. The Bertz CT molecular complexity index is 704. The monoisotopic (exact) mass is 348 g/mol. The van der Waals surface area contributed by atoms with Crippen LogP contribution in [0.25, 0.3) is 0 Å². The van der Waals surface area contributed by atoms with E-state index in [1.807, 2.05) is 24.3 Å². The van der Waals surface area contributed by atoms with Gasteiger partial charge in [0.25, 0.3) is 5.91 Å². The summed E-state index contributed by atoms with van der Waals surface area (Å²) in [6, 6.07) is 12.0. The van der Waals surface area contributed by atoms with Crippen LogP contribution in [0.15, 0.2) is 46.9 Å². The summed E-state index contributed by atoms with van der Waals surface area (Å²) in [7, 11) is 0. The standard InChI is InChI=1S/C16H14BrFN2O/c17-15-12(5-3-6-13(15)18)16(21)20-9-11(19)8-10-4-1-2-7-14(10)20/h1-7,11H,8-9,19H2. The molecule has 3 rings (SSSR count). The maximum atomic E-state index is 13.6. The summed E-state index contributed by atoms with van der Waals surface area (Å²) in [5.41, 5.74) is 8.24. The molecule has 1 atom stereocenters. The fourth-order valence-corrected chi connectivity index (χ4v) is 3.07. The van der Waals surface area contributed by atoms with Gasteiger partial charge in [0.05, 0.1) is 10.0 Å². The van der Waals surface area contributed by atoms with Gasteiger partial charge in [0.15, 0.2) is 0 Å². The lowest BCUT2D eigenvalue weighted by molar-refractivity contribution is 0.0982. The minimum atomic E-state index is -0.449. The summed E-state index contributed by atoms with van der Waals surface area (Å²) in [5.74, 6) is -0.695. The van der Waals surface area contributed by atoms with E-state index >= 15 is 0 Å². The Hall–Kier alpha value is -1.72. The van der Waals surface area contributed by atoms with Crippen molar-refractivity contribution >= 4 is 27.5 Å². The number of halogens is 2. The smallest absolute Gasteiger partial charge is 0.259 e. The van der Waals surface area contributed by atoms with Gasteiger partial charge in [-0.2, -0.15) is 0 Å². The zero-order valence-electron chi connectivity index (χ0n) is 11.2. The van der Waals surface area contributed by atoms with E-state index in [9.17, 15) is 9.18 Å². The largest absolute Gasteiger partial charge is 0.326 e. The zero-order chi connectivity index (χ0) is 15.0. The van der Waals surface area contributed by atoms with Crippen LogP contribution in [0.2, 0.25) is 0 Å². The number of fused-ring (bicyclic) bond motifs is 1. The molecule has 5 heteroatoms. The molecule has 2 aromatic rings. The molecule has 108 valence electrons. The molecular formula is C16H14BrFN2O. The molecule has 0 bridgehead atoms. The number of nitrogens with zero attached hydrogens (tertiary/aromatic N) is 1. The van der Waals surface area contributed by atoms with E-state index in [1.165, 1.54) is 12.1 Å². The second-order valence-electron chi connectivity index (χ2n) is 5.11. The number of carbonyl (C=O) groups is 1. The SMILES string of the molecule is NC1Cc2ccccc2N(C(=O)c2cccc(F)c2Br)C1. The van der Waals surface area contributed by atoms with Crippen LogP contribution < -0.4 is 10.6 Å². The van der Waals surface area contributed by atoms with Gasteiger partial charge in [-0.25, -0.2) is 4.39 Å². The minimum Gasteiger partial charge on any atom is -0.326 e. The second kappa shape index (κ2) is 5.58. The lowest BCUT2D eigenvalue weighted by Gasteiger charge is -2.33. The molecule has 0 spiro atoms. The first kappa shape index (κ1) is 14.2. The molecule has 0 saturated heterocycles. The molecule has 1 aliphatic heterocycles. The number of anilines is 1. The number of hydrogen-bond donors (Lipinski definition) is 1. The predicted octanol–water partition coefficient (Wildman–Crippen LogP) is 3.12. The van der Waals surface area contributed by atoms with Crippen molar-refractivity contribution in [3.8, 4) is 0 Å². The van der Waals surface area contributed by atoms with Crippen LogP contribution in [0.4, 0.5) is 10.1 Å². The van der Waals surface area contributed by atoms with Crippen molar-refractivity contribution in [2.24, 2.45) is 5.73 Å². The molecule has 0 saturated carbocycles. The van der Waals surface area contributed by atoms with E-state index in [4.69, 9.17) is 5.73 Å². The molecule has 3 nitrogen and oxygen atoms in total. The Morgan fingerprint density at radius 1 is 1.24 bits per heavy atom. The fraction of sp³-hybridized carbons (Fsp3) is 0.188. The summed E-state index contributed by atoms with van der Waals surface area (Å²) in [4.78, 5) is 14.4. The summed E-state index contributed by atoms with van der Waals surface area (Å²) in [6.07, 6.45) is 0.740. The predicted molar refractivity (Wildman–Crippen MR) is 83.9 cm³/mol. The number of para-hydroxylation sites is 1. The maximum absolute atomic E-state index is 13.6. The van der Waals surface area contributed by atoms with Gasteiger partial charge in [-0.15, -0.1) is 0 Å². The van der Waals surface area contributed by atoms with Crippen LogP contribution in [0.1, 0.15) is 15.9 Å². The van der Waals surface area contributed by atoms with Gasteiger partial charge >= 0.3 is 0 Å². The van der Waals surface area contributed by atoms with Crippen molar-refractivity contribution in [2.45, 2.75) is 12.5 Å². The van der Waals surface area contributed by atoms with Crippen LogP contribution in [0, 0.1) is 5.82 Å². The molecule has 0 aromatic heterocycles. The number of hydrogen-bond acceptors (Lipinski definition) is 2. The third kappa shape index (κ3) is 2.59. The molecule has 2 N–H and O–H groups in total. The van der Waals surface area contributed by atoms with E-state index in [-0.39, 0.29) is 16.4 Å². The number of nitrogens with two attached hydrogens (primary N) is 1. The molecule has 0 radical (unpaired) electrons. The Balaban J connectivity index is 2.04. The van der Waals surface area contributed by atoms with Crippen LogP contribution in [0.5, 0.6) is 0 Å². The van der Waals surface area contributed by atoms with Gasteiger partial charge < -0.3 is 10.6 Å². The van der Waals surface area contributed by atoms with Gasteiger partial charge in [0.1, 0.15) is 5.82 Å². The van der Waals surface area contributed by atoms with E-state index in [0.29, 0.717) is 12.1 Å². The first-order chi connectivity index (χ1) is 10.1. The molecule has 0 fully saturated rings. The molecule has 1 amide bonds. The summed E-state index contributed by atoms with van der Waals surface area (Å²) in [5, 5.41) is 0. The Morgan fingerprint density at radius 2 is 2.00 bits per heavy atom. The Morgan fingerprint density at radius 3 is 2.81 bits per heavy atom. The quantitative estimate of drug-likeness (QED) is 0.860. The number of amides is 1. The molecule has 1 heterocycles. The van der Waals surface area contributed by atoms with E-state index in [2.05, 4.69) is 15.9 Å². The highest BCUT2D eigenvalue weighted by atomic mass is 79.9. The van der Waals surface area contributed by atoms with Gasteiger partial charge in [-0.3, -0.25) is 4.79 Å². The Labute approximate surface area is 130 Å². The molecular weight excluding hydrogens is 335 g/mol. The fourth-order valence-electron chi connectivity index (χ4n) is 2.63. The van der Waals surface area contributed by atoms with Crippen LogP contribution >= 0.6 is 15.9 Å². The van der Waals surface area contributed by atoms with Crippen molar-refractivity contribution in [1.82, 2.24) is 0 Å². The Kier molecular flexibility index (Phi) is 3.78.